The summed E-state index contributed by atoms with van der Waals surface area (Å²) in [6.45, 7) is 4.54. The van der Waals surface area contributed by atoms with Crippen LogP contribution in [-0.4, -0.2) is 58.7 Å². The first-order valence-electron chi connectivity index (χ1n) is 9.58. The van der Waals surface area contributed by atoms with Gasteiger partial charge in [-0.3, -0.25) is 14.3 Å². The zero-order valence-corrected chi connectivity index (χ0v) is 17.5. The number of hydrogen-bond acceptors (Lipinski definition) is 6. The molecule has 0 atom stereocenters. The maximum absolute atomic E-state index is 13.2. The van der Waals surface area contributed by atoms with E-state index in [0.717, 1.165) is 24.2 Å². The van der Waals surface area contributed by atoms with E-state index < -0.39 is 0 Å². The van der Waals surface area contributed by atoms with Gasteiger partial charge in [0.25, 0.3) is 5.56 Å². The molecule has 0 spiro atoms. The average Bonchev–Trinajstić information content (AvgIpc) is 3.40. The van der Waals surface area contributed by atoms with Crippen LogP contribution in [0.3, 0.4) is 0 Å². The molecule has 1 amide bonds. The summed E-state index contributed by atoms with van der Waals surface area (Å²) < 4.78 is 4.79. The lowest BCUT2D eigenvalue weighted by Crippen LogP contribution is -2.34. The first-order chi connectivity index (χ1) is 14.0. The van der Waals surface area contributed by atoms with E-state index in [-0.39, 0.29) is 17.2 Å². The van der Waals surface area contributed by atoms with Crippen LogP contribution >= 0.6 is 11.8 Å². The molecule has 1 aromatic carbocycles. The molecule has 3 aromatic rings. The number of carbonyl (C=O) groups is 1. The van der Waals surface area contributed by atoms with E-state index in [1.54, 1.807) is 9.36 Å². The molecule has 2 heterocycles. The van der Waals surface area contributed by atoms with Gasteiger partial charge in [-0.2, -0.15) is 4.68 Å². The van der Waals surface area contributed by atoms with Crippen molar-refractivity contribution in [3.8, 4) is 11.4 Å². The third-order valence-electron chi connectivity index (χ3n) is 5.15. The molecule has 2 aromatic heterocycles. The largest absolute Gasteiger partial charge is 0.339 e. The summed E-state index contributed by atoms with van der Waals surface area (Å²) in [5.41, 5.74) is 1.65. The van der Waals surface area contributed by atoms with Gasteiger partial charge in [-0.1, -0.05) is 30.0 Å². The fourth-order valence-electron chi connectivity index (χ4n) is 3.44. The van der Waals surface area contributed by atoms with Gasteiger partial charge in [-0.05, 0) is 49.2 Å². The minimum atomic E-state index is -0.218. The van der Waals surface area contributed by atoms with Crippen LogP contribution in [0, 0.1) is 6.92 Å². The smallest absolute Gasteiger partial charge is 0.297 e. The average molecular weight is 414 g/mol. The number of amides is 1. The van der Waals surface area contributed by atoms with E-state index in [0.29, 0.717) is 23.4 Å². The highest BCUT2D eigenvalue weighted by molar-refractivity contribution is 7.99. The van der Waals surface area contributed by atoms with E-state index in [4.69, 9.17) is 0 Å². The highest BCUT2D eigenvalue weighted by atomic mass is 32.2. The summed E-state index contributed by atoms with van der Waals surface area (Å²) >= 11 is 1.25. The van der Waals surface area contributed by atoms with E-state index >= 15 is 0 Å². The van der Waals surface area contributed by atoms with E-state index in [1.165, 1.54) is 16.4 Å². The number of aromatic nitrogens is 6. The fourth-order valence-corrected chi connectivity index (χ4v) is 4.20. The van der Waals surface area contributed by atoms with Gasteiger partial charge in [0.05, 0.1) is 17.1 Å². The highest BCUT2D eigenvalue weighted by Gasteiger charge is 2.31. The van der Waals surface area contributed by atoms with Crippen LogP contribution in [0.4, 0.5) is 0 Å². The molecule has 0 saturated heterocycles. The molecule has 4 rings (SSSR count). The van der Waals surface area contributed by atoms with Gasteiger partial charge >= 0.3 is 0 Å². The maximum atomic E-state index is 13.2. The molecular weight excluding hydrogens is 390 g/mol. The van der Waals surface area contributed by atoms with Crippen molar-refractivity contribution < 1.29 is 4.79 Å². The summed E-state index contributed by atoms with van der Waals surface area (Å²) in [6, 6.07) is 9.78. The van der Waals surface area contributed by atoms with Crippen molar-refractivity contribution in [2.75, 3.05) is 12.3 Å². The maximum Gasteiger partial charge on any atom is 0.297 e. The predicted octanol–water partition coefficient (Wildman–Crippen LogP) is 1.56. The zero-order chi connectivity index (χ0) is 20.5. The fraction of sp³-hybridized carbons (Fsp3) is 0.421. The van der Waals surface area contributed by atoms with Gasteiger partial charge in [0.2, 0.25) is 11.1 Å². The molecule has 0 N–H and O–H groups in total. The lowest BCUT2D eigenvalue weighted by Gasteiger charge is -2.19. The van der Waals surface area contributed by atoms with Crippen molar-refractivity contribution in [2.24, 2.45) is 7.05 Å². The molecule has 1 fully saturated rings. The SMILES string of the molecule is CCN(C(=O)CSc1nnnn1-c1c(C)n(C)n(-c2ccccc2)c1=O)C1CC1. The Morgan fingerprint density at radius 1 is 1.28 bits per heavy atom. The van der Waals surface area contributed by atoms with Gasteiger partial charge in [-0.15, -0.1) is 5.10 Å². The standard InChI is InChI=1S/C19H23N7O2S/c1-4-24(14-10-11-14)16(27)12-29-19-20-21-22-25(19)17-13(2)23(3)26(18(17)28)15-8-6-5-7-9-15/h5-9,14H,4,10-12H2,1-3H3. The molecule has 9 nitrogen and oxygen atoms in total. The van der Waals surface area contributed by atoms with Crippen molar-refractivity contribution in [1.29, 1.82) is 0 Å². The summed E-state index contributed by atoms with van der Waals surface area (Å²) in [5.74, 6) is 0.310. The number of benzene rings is 1. The van der Waals surface area contributed by atoms with Crippen LogP contribution in [0.25, 0.3) is 11.4 Å². The molecule has 0 unspecified atom stereocenters. The summed E-state index contributed by atoms with van der Waals surface area (Å²) in [6.07, 6.45) is 2.15. The Morgan fingerprint density at radius 3 is 2.66 bits per heavy atom. The predicted molar refractivity (Wildman–Crippen MR) is 110 cm³/mol. The molecule has 10 heteroatoms. The first kappa shape index (κ1) is 19.4. The molecule has 1 aliphatic carbocycles. The third kappa shape index (κ3) is 3.59. The molecule has 152 valence electrons. The second kappa shape index (κ2) is 7.86. The second-order valence-electron chi connectivity index (χ2n) is 6.98. The van der Waals surface area contributed by atoms with Gasteiger partial charge in [0, 0.05) is 19.6 Å². The lowest BCUT2D eigenvalue weighted by molar-refractivity contribution is -0.128. The number of thioether (sulfide) groups is 1. The van der Waals surface area contributed by atoms with Crippen LogP contribution in [0.15, 0.2) is 40.3 Å². The Hall–Kier alpha value is -2.88. The third-order valence-corrected chi connectivity index (χ3v) is 6.05. The first-order valence-corrected chi connectivity index (χ1v) is 10.6. The zero-order valence-electron chi connectivity index (χ0n) is 16.6. The van der Waals surface area contributed by atoms with Gasteiger partial charge in [0.1, 0.15) is 0 Å². The van der Waals surface area contributed by atoms with Crippen molar-refractivity contribution in [3.05, 3.63) is 46.4 Å². The van der Waals surface area contributed by atoms with Crippen molar-refractivity contribution in [3.63, 3.8) is 0 Å². The molecular formula is C19H23N7O2S. The number of hydrogen-bond donors (Lipinski definition) is 0. The Labute approximate surface area is 172 Å². The number of para-hydroxylation sites is 1. The molecule has 0 radical (unpaired) electrons. The van der Waals surface area contributed by atoms with Crippen LogP contribution in [-0.2, 0) is 11.8 Å². The van der Waals surface area contributed by atoms with Gasteiger partial charge in [-0.25, -0.2) is 4.68 Å². The summed E-state index contributed by atoms with van der Waals surface area (Å²) in [5, 5.41) is 12.2. The number of carbonyl (C=O) groups excluding carboxylic acids is 1. The Kier molecular flexibility index (Phi) is 5.27. The quantitative estimate of drug-likeness (QED) is 0.546. The molecule has 1 aliphatic rings. The number of rotatable bonds is 7. The highest BCUT2D eigenvalue weighted by Crippen LogP contribution is 2.28. The van der Waals surface area contributed by atoms with Crippen molar-refractivity contribution >= 4 is 17.7 Å². The number of nitrogens with zero attached hydrogens (tertiary/aromatic N) is 7. The Morgan fingerprint density at radius 2 is 2.00 bits per heavy atom. The molecule has 0 aliphatic heterocycles. The van der Waals surface area contributed by atoms with Crippen LogP contribution in [0.1, 0.15) is 25.5 Å². The van der Waals surface area contributed by atoms with E-state index in [2.05, 4.69) is 15.5 Å². The number of tetrazole rings is 1. The van der Waals surface area contributed by atoms with Crippen LogP contribution in [0.2, 0.25) is 0 Å². The topological polar surface area (TPSA) is 90.8 Å². The van der Waals surface area contributed by atoms with Crippen LogP contribution in [0.5, 0.6) is 0 Å². The minimum Gasteiger partial charge on any atom is -0.339 e. The Bertz CT molecular complexity index is 1080. The molecule has 1 saturated carbocycles. The minimum absolute atomic E-state index is 0.0704. The molecule has 29 heavy (non-hydrogen) atoms. The van der Waals surface area contributed by atoms with E-state index in [1.807, 2.05) is 56.1 Å². The lowest BCUT2D eigenvalue weighted by atomic mass is 10.3. The monoisotopic (exact) mass is 413 g/mol. The summed E-state index contributed by atoms with van der Waals surface area (Å²) in [7, 11) is 1.82. The second-order valence-corrected chi connectivity index (χ2v) is 7.93. The van der Waals surface area contributed by atoms with E-state index in [9.17, 15) is 9.59 Å². The molecule has 0 bridgehead atoms. The Balaban J connectivity index is 1.63. The van der Waals surface area contributed by atoms with Crippen LogP contribution < -0.4 is 5.56 Å². The summed E-state index contributed by atoms with van der Waals surface area (Å²) in [4.78, 5) is 27.6. The van der Waals surface area contributed by atoms with Gasteiger partial charge in [0.15, 0.2) is 5.69 Å². The van der Waals surface area contributed by atoms with Crippen molar-refractivity contribution in [2.45, 2.75) is 37.9 Å². The normalized spacial score (nSPS) is 13.6. The van der Waals surface area contributed by atoms with Gasteiger partial charge < -0.3 is 4.90 Å². The van der Waals surface area contributed by atoms with Crippen molar-refractivity contribution in [1.82, 2.24) is 34.5 Å².